The maximum atomic E-state index is 4.24. The summed E-state index contributed by atoms with van der Waals surface area (Å²) in [4.78, 5) is 2.50. The average Bonchev–Trinajstić information content (AvgIpc) is 2.94. The highest BCUT2D eigenvalue weighted by molar-refractivity contribution is 5.33. The van der Waals surface area contributed by atoms with Gasteiger partial charge in [-0.1, -0.05) is 12.1 Å². The average molecular weight is 256 g/mol. The Morgan fingerprint density at radius 3 is 2.84 bits per heavy atom. The van der Waals surface area contributed by atoms with Gasteiger partial charge in [0.05, 0.1) is 5.69 Å². The molecule has 1 atom stereocenters. The standard InChI is InChI=1S/C15H20N4/c1-13-11-18(10-8-16-13)12-14-3-5-15(6-4-14)19-9-2-7-17-19/h2-7,9,13,16H,8,10-12H2,1H3/t13-/m0/s1. The summed E-state index contributed by atoms with van der Waals surface area (Å²) in [5.41, 5.74) is 2.48. The van der Waals surface area contributed by atoms with Crippen molar-refractivity contribution in [2.24, 2.45) is 0 Å². The van der Waals surface area contributed by atoms with Crippen LogP contribution in [0.15, 0.2) is 42.7 Å². The van der Waals surface area contributed by atoms with Gasteiger partial charge in [-0.05, 0) is 30.7 Å². The lowest BCUT2D eigenvalue weighted by atomic mass is 10.1. The number of piperazine rings is 1. The second-order valence-electron chi connectivity index (χ2n) is 5.21. The number of hydrogen-bond acceptors (Lipinski definition) is 3. The highest BCUT2D eigenvalue weighted by atomic mass is 15.3. The first-order valence-corrected chi connectivity index (χ1v) is 6.86. The maximum absolute atomic E-state index is 4.24. The lowest BCUT2D eigenvalue weighted by molar-refractivity contribution is 0.199. The van der Waals surface area contributed by atoms with E-state index in [-0.39, 0.29) is 0 Å². The summed E-state index contributed by atoms with van der Waals surface area (Å²) in [5.74, 6) is 0. The van der Waals surface area contributed by atoms with Crippen LogP contribution < -0.4 is 5.32 Å². The Balaban J connectivity index is 1.66. The normalized spacial score (nSPS) is 20.6. The Kier molecular flexibility index (Phi) is 3.62. The zero-order valence-electron chi connectivity index (χ0n) is 11.3. The molecular weight excluding hydrogens is 236 g/mol. The van der Waals surface area contributed by atoms with E-state index in [0.29, 0.717) is 6.04 Å². The van der Waals surface area contributed by atoms with Crippen LogP contribution >= 0.6 is 0 Å². The molecule has 1 saturated heterocycles. The van der Waals surface area contributed by atoms with E-state index in [4.69, 9.17) is 0 Å². The van der Waals surface area contributed by atoms with Gasteiger partial charge in [-0.15, -0.1) is 0 Å². The minimum atomic E-state index is 0.595. The zero-order chi connectivity index (χ0) is 13.1. The molecule has 1 aromatic carbocycles. The Morgan fingerprint density at radius 1 is 1.32 bits per heavy atom. The minimum absolute atomic E-state index is 0.595. The lowest BCUT2D eigenvalue weighted by Gasteiger charge is -2.31. The molecule has 1 aliphatic heterocycles. The predicted octanol–water partition coefficient (Wildman–Crippen LogP) is 1.67. The fourth-order valence-electron chi connectivity index (χ4n) is 2.59. The monoisotopic (exact) mass is 256 g/mol. The third kappa shape index (κ3) is 3.03. The first-order chi connectivity index (χ1) is 9.31. The Labute approximate surface area is 114 Å². The summed E-state index contributed by atoms with van der Waals surface area (Å²) >= 11 is 0. The maximum Gasteiger partial charge on any atom is 0.0645 e. The lowest BCUT2D eigenvalue weighted by Crippen LogP contribution is -2.48. The van der Waals surface area contributed by atoms with Crippen LogP contribution in [-0.4, -0.2) is 40.4 Å². The minimum Gasteiger partial charge on any atom is -0.312 e. The van der Waals surface area contributed by atoms with Gasteiger partial charge in [0, 0.05) is 44.6 Å². The summed E-state index contributed by atoms with van der Waals surface area (Å²) in [7, 11) is 0. The van der Waals surface area contributed by atoms with Gasteiger partial charge >= 0.3 is 0 Å². The largest absolute Gasteiger partial charge is 0.312 e. The van der Waals surface area contributed by atoms with Gasteiger partial charge in [0.1, 0.15) is 0 Å². The summed E-state index contributed by atoms with van der Waals surface area (Å²) in [6, 6.07) is 11.2. The Bertz CT molecular complexity index is 503. The van der Waals surface area contributed by atoms with Crippen molar-refractivity contribution in [3.63, 3.8) is 0 Å². The Morgan fingerprint density at radius 2 is 2.16 bits per heavy atom. The Hall–Kier alpha value is -1.65. The summed E-state index contributed by atoms with van der Waals surface area (Å²) in [6.07, 6.45) is 3.77. The van der Waals surface area contributed by atoms with Gasteiger partial charge in [-0.2, -0.15) is 5.10 Å². The van der Waals surface area contributed by atoms with Crippen LogP contribution in [0.5, 0.6) is 0 Å². The van der Waals surface area contributed by atoms with Gasteiger partial charge in [-0.25, -0.2) is 4.68 Å². The molecule has 1 fully saturated rings. The molecular formula is C15H20N4. The molecule has 1 aromatic heterocycles. The van der Waals surface area contributed by atoms with E-state index in [1.165, 1.54) is 5.56 Å². The molecule has 0 bridgehead atoms. The summed E-state index contributed by atoms with van der Waals surface area (Å²) < 4.78 is 1.89. The molecule has 2 aromatic rings. The van der Waals surface area contributed by atoms with E-state index in [1.54, 1.807) is 6.20 Å². The highest BCUT2D eigenvalue weighted by Crippen LogP contribution is 2.11. The molecule has 1 N–H and O–H groups in total. The predicted molar refractivity (Wildman–Crippen MR) is 76.3 cm³/mol. The van der Waals surface area contributed by atoms with Crippen LogP contribution in [-0.2, 0) is 6.54 Å². The SMILES string of the molecule is C[C@H]1CN(Cc2ccc(-n3cccn3)cc2)CCN1. The number of nitrogens with one attached hydrogen (secondary N) is 1. The van der Waals surface area contributed by atoms with Crippen molar-refractivity contribution < 1.29 is 0 Å². The zero-order valence-corrected chi connectivity index (χ0v) is 11.3. The van der Waals surface area contributed by atoms with Crippen LogP contribution in [0.4, 0.5) is 0 Å². The molecule has 100 valence electrons. The van der Waals surface area contributed by atoms with Crippen molar-refractivity contribution in [2.45, 2.75) is 19.5 Å². The van der Waals surface area contributed by atoms with Gasteiger partial charge in [0.25, 0.3) is 0 Å². The molecule has 3 rings (SSSR count). The van der Waals surface area contributed by atoms with Crippen molar-refractivity contribution in [1.29, 1.82) is 0 Å². The molecule has 0 saturated carbocycles. The third-order valence-corrected chi connectivity index (χ3v) is 3.56. The first-order valence-electron chi connectivity index (χ1n) is 6.86. The quantitative estimate of drug-likeness (QED) is 0.907. The first kappa shape index (κ1) is 12.4. The van der Waals surface area contributed by atoms with Crippen LogP contribution in [0.25, 0.3) is 5.69 Å². The molecule has 0 radical (unpaired) electrons. The van der Waals surface area contributed by atoms with E-state index in [9.17, 15) is 0 Å². The van der Waals surface area contributed by atoms with E-state index in [0.717, 1.165) is 31.9 Å². The number of benzene rings is 1. The molecule has 0 spiro atoms. The molecule has 4 nitrogen and oxygen atoms in total. The van der Waals surface area contributed by atoms with Crippen LogP contribution in [0, 0.1) is 0 Å². The van der Waals surface area contributed by atoms with Gasteiger partial charge in [-0.3, -0.25) is 4.90 Å². The number of aromatic nitrogens is 2. The van der Waals surface area contributed by atoms with E-state index in [2.05, 4.69) is 46.5 Å². The van der Waals surface area contributed by atoms with E-state index < -0.39 is 0 Å². The van der Waals surface area contributed by atoms with Gasteiger partial charge < -0.3 is 5.32 Å². The van der Waals surface area contributed by atoms with Crippen molar-refractivity contribution in [3.05, 3.63) is 48.3 Å². The molecule has 1 aliphatic rings. The van der Waals surface area contributed by atoms with E-state index >= 15 is 0 Å². The van der Waals surface area contributed by atoms with Gasteiger partial charge in [0.2, 0.25) is 0 Å². The fourth-order valence-corrected chi connectivity index (χ4v) is 2.59. The second kappa shape index (κ2) is 5.55. The highest BCUT2D eigenvalue weighted by Gasteiger charge is 2.15. The summed E-state index contributed by atoms with van der Waals surface area (Å²) in [6.45, 7) is 6.62. The van der Waals surface area contributed by atoms with Crippen LogP contribution in [0.3, 0.4) is 0 Å². The molecule has 0 unspecified atom stereocenters. The van der Waals surface area contributed by atoms with Crippen molar-refractivity contribution in [2.75, 3.05) is 19.6 Å². The van der Waals surface area contributed by atoms with Crippen molar-refractivity contribution in [3.8, 4) is 5.69 Å². The van der Waals surface area contributed by atoms with Crippen LogP contribution in [0.2, 0.25) is 0 Å². The number of nitrogens with zero attached hydrogens (tertiary/aromatic N) is 3. The smallest absolute Gasteiger partial charge is 0.0645 e. The van der Waals surface area contributed by atoms with E-state index in [1.807, 2.05) is 16.9 Å². The summed E-state index contributed by atoms with van der Waals surface area (Å²) in [5, 5.41) is 7.71. The molecule has 0 aliphatic carbocycles. The van der Waals surface area contributed by atoms with Gasteiger partial charge in [0.15, 0.2) is 0 Å². The second-order valence-corrected chi connectivity index (χ2v) is 5.21. The molecule has 4 heteroatoms. The van der Waals surface area contributed by atoms with Crippen LogP contribution in [0.1, 0.15) is 12.5 Å². The molecule has 0 amide bonds. The third-order valence-electron chi connectivity index (χ3n) is 3.56. The van der Waals surface area contributed by atoms with Crippen molar-refractivity contribution in [1.82, 2.24) is 20.0 Å². The molecule has 2 heterocycles. The number of rotatable bonds is 3. The topological polar surface area (TPSA) is 33.1 Å². The molecule has 19 heavy (non-hydrogen) atoms. The number of hydrogen-bond donors (Lipinski definition) is 1. The fraction of sp³-hybridized carbons (Fsp3) is 0.400. The van der Waals surface area contributed by atoms with Crippen molar-refractivity contribution >= 4 is 0 Å².